The van der Waals surface area contributed by atoms with E-state index in [9.17, 15) is 13.2 Å². The van der Waals surface area contributed by atoms with Crippen molar-refractivity contribution < 1.29 is 17.9 Å². The van der Waals surface area contributed by atoms with Crippen LogP contribution < -0.4 is 0 Å². The highest BCUT2D eigenvalue weighted by Crippen LogP contribution is 2.22. The van der Waals surface area contributed by atoms with E-state index >= 15 is 0 Å². The molecule has 0 atom stereocenters. The van der Waals surface area contributed by atoms with E-state index in [0.717, 1.165) is 17.0 Å². The molecule has 0 aliphatic heterocycles. The molecule has 0 spiro atoms. The fourth-order valence-corrected chi connectivity index (χ4v) is 3.36. The summed E-state index contributed by atoms with van der Waals surface area (Å²) in [7, 11) is -3.78. The van der Waals surface area contributed by atoms with Crippen molar-refractivity contribution in [3.8, 4) is 0 Å². The van der Waals surface area contributed by atoms with Crippen LogP contribution in [0.1, 0.15) is 5.56 Å². The molecule has 0 unspecified atom stereocenters. The van der Waals surface area contributed by atoms with E-state index in [1.54, 1.807) is 12.1 Å². The summed E-state index contributed by atoms with van der Waals surface area (Å²) in [4.78, 5) is 11.5. The second kappa shape index (κ2) is 7.94. The highest BCUT2D eigenvalue weighted by atomic mass is 35.5. The van der Waals surface area contributed by atoms with Crippen LogP contribution in [0, 0.1) is 0 Å². The van der Waals surface area contributed by atoms with Gasteiger partial charge in [-0.15, -0.1) is 0 Å². The Morgan fingerprint density at radius 3 is 2.39 bits per heavy atom. The number of ether oxygens (including phenoxy) is 1. The Kier molecular flexibility index (Phi) is 5.96. The summed E-state index contributed by atoms with van der Waals surface area (Å²) in [6.07, 6.45) is 1.46. The van der Waals surface area contributed by atoms with E-state index in [1.165, 1.54) is 12.1 Å². The van der Waals surface area contributed by atoms with Crippen LogP contribution in [-0.4, -0.2) is 21.0 Å². The fourth-order valence-electron chi connectivity index (χ4n) is 1.86. The molecule has 4 nitrogen and oxygen atoms in total. The summed E-state index contributed by atoms with van der Waals surface area (Å²) in [6.45, 7) is 0.180. The maximum absolute atomic E-state index is 12.1. The summed E-state index contributed by atoms with van der Waals surface area (Å²) in [5, 5.41) is 0.911. The van der Waals surface area contributed by atoms with Crippen LogP contribution in [0.25, 0.3) is 0 Å². The Labute approximate surface area is 140 Å². The number of hydrogen-bond donors (Lipinski definition) is 0. The zero-order valence-corrected chi connectivity index (χ0v) is 13.8. The highest BCUT2D eigenvalue weighted by Gasteiger charge is 2.14. The number of rotatable bonds is 6. The normalized spacial score (nSPS) is 11.5. The van der Waals surface area contributed by atoms with Crippen LogP contribution in [0.3, 0.4) is 0 Å². The summed E-state index contributed by atoms with van der Waals surface area (Å²) >= 11 is 5.85. The van der Waals surface area contributed by atoms with Crippen LogP contribution >= 0.6 is 11.6 Å². The van der Waals surface area contributed by atoms with Crippen LogP contribution in [-0.2, 0) is 25.8 Å². The van der Waals surface area contributed by atoms with Gasteiger partial charge in [-0.1, -0.05) is 54.1 Å². The highest BCUT2D eigenvalue weighted by molar-refractivity contribution is 7.94. The second-order valence-electron chi connectivity index (χ2n) is 4.68. The summed E-state index contributed by atoms with van der Waals surface area (Å²) in [5.74, 6) is -0.712. The molecule has 0 saturated carbocycles. The Morgan fingerprint density at radius 1 is 1.04 bits per heavy atom. The molecule has 120 valence electrons. The van der Waals surface area contributed by atoms with Crippen molar-refractivity contribution in [3.63, 3.8) is 0 Å². The molecule has 2 rings (SSSR count). The third-order valence-electron chi connectivity index (χ3n) is 3.00. The lowest BCUT2D eigenvalue weighted by Gasteiger charge is -2.03. The van der Waals surface area contributed by atoms with Gasteiger partial charge in [0.25, 0.3) is 0 Å². The quantitative estimate of drug-likeness (QED) is 0.591. The number of benzene rings is 2. The van der Waals surface area contributed by atoms with Crippen molar-refractivity contribution in [3.05, 3.63) is 76.7 Å². The van der Waals surface area contributed by atoms with Crippen molar-refractivity contribution in [2.24, 2.45) is 0 Å². The first-order valence-electron chi connectivity index (χ1n) is 6.87. The average molecular weight is 351 g/mol. The molecule has 0 radical (unpaired) electrons. The largest absolute Gasteiger partial charge is 0.462 e. The van der Waals surface area contributed by atoms with Gasteiger partial charge in [0.05, 0.1) is 16.5 Å². The molecule has 0 aromatic heterocycles. The molecule has 0 fully saturated rings. The van der Waals surface area contributed by atoms with Crippen LogP contribution in [0.4, 0.5) is 0 Å². The first kappa shape index (κ1) is 17.2. The monoisotopic (exact) mass is 350 g/mol. The summed E-state index contributed by atoms with van der Waals surface area (Å²) < 4.78 is 29.1. The maximum atomic E-state index is 12.1. The van der Waals surface area contributed by atoms with E-state index in [4.69, 9.17) is 16.3 Å². The van der Waals surface area contributed by atoms with Crippen LogP contribution in [0.15, 0.2) is 71.0 Å². The molecule has 0 amide bonds. The second-order valence-corrected chi connectivity index (χ2v) is 6.89. The van der Waals surface area contributed by atoms with Gasteiger partial charge in [0.2, 0.25) is 9.84 Å². The molecular formula is C17H15ClO4S. The lowest BCUT2D eigenvalue weighted by atomic mass is 10.2. The zero-order valence-electron chi connectivity index (χ0n) is 12.2. The van der Waals surface area contributed by atoms with Crippen molar-refractivity contribution in [1.29, 1.82) is 0 Å². The van der Waals surface area contributed by atoms with Crippen molar-refractivity contribution in [2.45, 2.75) is 11.3 Å². The van der Waals surface area contributed by atoms with Gasteiger partial charge in [0, 0.05) is 17.9 Å². The number of sulfone groups is 1. The molecule has 0 aliphatic rings. The lowest BCUT2D eigenvalue weighted by Crippen LogP contribution is -2.06. The lowest BCUT2D eigenvalue weighted by molar-refractivity contribution is -0.137. The molecule has 0 saturated heterocycles. The molecule has 0 bridgehead atoms. The maximum Gasteiger partial charge on any atom is 0.331 e. The van der Waals surface area contributed by atoms with Crippen molar-refractivity contribution >= 4 is 27.4 Å². The number of carbonyl (C=O) groups excluding carboxylic acids is 1. The predicted octanol–water partition coefficient (Wildman–Crippen LogP) is 3.41. The van der Waals surface area contributed by atoms with Gasteiger partial charge >= 0.3 is 5.97 Å². The van der Waals surface area contributed by atoms with E-state index in [-0.39, 0.29) is 16.5 Å². The van der Waals surface area contributed by atoms with E-state index in [0.29, 0.717) is 6.42 Å². The third kappa shape index (κ3) is 5.23. The van der Waals surface area contributed by atoms with Gasteiger partial charge in [-0.2, -0.15) is 0 Å². The van der Waals surface area contributed by atoms with E-state index in [1.807, 2.05) is 30.3 Å². The number of carbonyl (C=O) groups is 1. The van der Waals surface area contributed by atoms with Gasteiger partial charge < -0.3 is 4.74 Å². The minimum absolute atomic E-state index is 0.0463. The van der Waals surface area contributed by atoms with Crippen molar-refractivity contribution in [2.75, 3.05) is 6.61 Å². The Balaban J connectivity index is 1.92. The Morgan fingerprint density at radius 2 is 1.70 bits per heavy atom. The minimum atomic E-state index is -3.78. The minimum Gasteiger partial charge on any atom is -0.462 e. The van der Waals surface area contributed by atoms with E-state index in [2.05, 4.69) is 0 Å². The predicted molar refractivity (Wildman–Crippen MR) is 88.9 cm³/mol. The van der Waals surface area contributed by atoms with Gasteiger partial charge in [-0.05, 0) is 17.7 Å². The molecule has 0 N–H and O–H groups in total. The molecule has 0 aliphatic carbocycles. The van der Waals surface area contributed by atoms with Gasteiger partial charge in [0.15, 0.2) is 0 Å². The smallest absolute Gasteiger partial charge is 0.331 e. The van der Waals surface area contributed by atoms with Crippen LogP contribution in [0.2, 0.25) is 5.02 Å². The molecule has 2 aromatic carbocycles. The van der Waals surface area contributed by atoms with Gasteiger partial charge in [0.1, 0.15) is 0 Å². The Hall–Kier alpha value is -2.11. The molecule has 6 heteroatoms. The molecular weight excluding hydrogens is 336 g/mol. The third-order valence-corrected chi connectivity index (χ3v) is 4.91. The van der Waals surface area contributed by atoms with Gasteiger partial charge in [-0.25, -0.2) is 13.2 Å². The summed E-state index contributed by atoms with van der Waals surface area (Å²) in [5.41, 5.74) is 1.04. The molecule has 23 heavy (non-hydrogen) atoms. The zero-order chi connectivity index (χ0) is 16.7. The average Bonchev–Trinajstić information content (AvgIpc) is 2.54. The SMILES string of the molecule is O=C(/C=C/S(=O)(=O)c1ccccc1Cl)OCCc1ccccc1. The number of halogens is 1. The number of esters is 1. The Bertz CT molecular complexity index is 798. The topological polar surface area (TPSA) is 60.4 Å². The molecule has 2 aromatic rings. The van der Waals surface area contributed by atoms with Gasteiger partial charge in [-0.3, -0.25) is 0 Å². The molecule has 0 heterocycles. The fraction of sp³-hybridized carbons (Fsp3) is 0.118. The van der Waals surface area contributed by atoms with E-state index < -0.39 is 15.8 Å². The first-order valence-corrected chi connectivity index (χ1v) is 8.80. The summed E-state index contributed by atoms with van der Waals surface area (Å²) in [6, 6.07) is 15.6. The van der Waals surface area contributed by atoms with Crippen molar-refractivity contribution in [1.82, 2.24) is 0 Å². The van der Waals surface area contributed by atoms with Crippen LogP contribution in [0.5, 0.6) is 0 Å². The first-order chi connectivity index (χ1) is 11.0. The number of hydrogen-bond acceptors (Lipinski definition) is 4. The standard InChI is InChI=1S/C17H15ClO4S/c18-15-8-4-5-9-16(15)23(20,21)13-11-17(19)22-12-10-14-6-2-1-3-7-14/h1-9,11,13H,10,12H2/b13-11+.